The number of hydrogen-bond acceptors (Lipinski definition) is 3. The van der Waals surface area contributed by atoms with Crippen molar-refractivity contribution in [2.75, 3.05) is 0 Å². The Kier molecular flexibility index (Phi) is 2.98. The molecule has 0 atom stereocenters. The molecular formula is C15H12N2O2. The fourth-order valence-corrected chi connectivity index (χ4v) is 2.13. The Balaban J connectivity index is 2.14. The maximum atomic E-state index is 11.2. The third kappa shape index (κ3) is 2.33. The minimum atomic E-state index is -0.535. The van der Waals surface area contributed by atoms with Crippen LogP contribution in [0.1, 0.15) is 22.9 Å². The standard InChI is InChI=1S/C15H12N2O2/c18-15-17-16-14(19-15)13(11-7-3-1-4-8-11)12-9-5-2-6-10-12/h1-10,13H,(H,17,18). The predicted octanol–water partition coefficient (Wildman–Crippen LogP) is 2.54. The monoisotopic (exact) mass is 252 g/mol. The lowest BCUT2D eigenvalue weighted by Gasteiger charge is -2.13. The highest BCUT2D eigenvalue weighted by Gasteiger charge is 2.21. The number of benzene rings is 2. The molecule has 0 fully saturated rings. The number of nitrogens with zero attached hydrogens (tertiary/aromatic N) is 1. The Morgan fingerprint density at radius 3 is 1.84 bits per heavy atom. The van der Waals surface area contributed by atoms with E-state index in [1.807, 2.05) is 60.7 Å². The Morgan fingerprint density at radius 2 is 1.42 bits per heavy atom. The van der Waals surface area contributed by atoms with Gasteiger partial charge in [-0.25, -0.2) is 9.89 Å². The van der Waals surface area contributed by atoms with E-state index in [2.05, 4.69) is 10.2 Å². The lowest BCUT2D eigenvalue weighted by Crippen LogP contribution is -2.03. The van der Waals surface area contributed by atoms with Crippen molar-refractivity contribution in [1.29, 1.82) is 0 Å². The first-order valence-corrected chi connectivity index (χ1v) is 6.00. The lowest BCUT2D eigenvalue weighted by molar-refractivity contribution is 0.456. The Hall–Kier alpha value is -2.62. The van der Waals surface area contributed by atoms with Crippen LogP contribution in [0.4, 0.5) is 0 Å². The Bertz CT molecular complexity index is 662. The number of aromatic amines is 1. The first-order valence-electron chi connectivity index (χ1n) is 6.00. The van der Waals surface area contributed by atoms with Crippen LogP contribution in [-0.2, 0) is 0 Å². The van der Waals surface area contributed by atoms with E-state index in [-0.39, 0.29) is 5.92 Å². The van der Waals surface area contributed by atoms with Crippen molar-refractivity contribution >= 4 is 0 Å². The lowest BCUT2D eigenvalue weighted by atomic mass is 9.91. The van der Waals surface area contributed by atoms with E-state index in [1.165, 1.54) is 0 Å². The number of aromatic nitrogens is 2. The molecule has 3 aromatic rings. The molecule has 0 unspecified atom stereocenters. The highest BCUT2D eigenvalue weighted by molar-refractivity contribution is 5.37. The van der Waals surface area contributed by atoms with Gasteiger partial charge in [0.15, 0.2) is 0 Å². The van der Waals surface area contributed by atoms with Crippen LogP contribution < -0.4 is 5.76 Å². The molecule has 1 N–H and O–H groups in total. The van der Waals surface area contributed by atoms with Gasteiger partial charge in [0.05, 0.1) is 5.92 Å². The molecule has 19 heavy (non-hydrogen) atoms. The van der Waals surface area contributed by atoms with Gasteiger partial charge < -0.3 is 4.42 Å². The summed E-state index contributed by atoms with van der Waals surface area (Å²) < 4.78 is 5.13. The summed E-state index contributed by atoms with van der Waals surface area (Å²) in [6.07, 6.45) is 0. The normalized spacial score (nSPS) is 10.8. The Morgan fingerprint density at radius 1 is 0.895 bits per heavy atom. The van der Waals surface area contributed by atoms with Gasteiger partial charge in [-0.2, -0.15) is 0 Å². The van der Waals surface area contributed by atoms with Crippen LogP contribution in [0.3, 0.4) is 0 Å². The average molecular weight is 252 g/mol. The second-order valence-corrected chi connectivity index (χ2v) is 4.21. The van der Waals surface area contributed by atoms with Gasteiger partial charge in [0.1, 0.15) is 0 Å². The largest absolute Gasteiger partial charge is 0.434 e. The van der Waals surface area contributed by atoms with Crippen molar-refractivity contribution in [2.45, 2.75) is 5.92 Å². The van der Waals surface area contributed by atoms with Crippen LogP contribution in [-0.4, -0.2) is 10.2 Å². The van der Waals surface area contributed by atoms with E-state index < -0.39 is 5.76 Å². The van der Waals surface area contributed by atoms with Gasteiger partial charge in [-0.05, 0) is 11.1 Å². The van der Waals surface area contributed by atoms with Crippen molar-refractivity contribution in [1.82, 2.24) is 10.2 Å². The molecular weight excluding hydrogens is 240 g/mol. The molecule has 0 aliphatic heterocycles. The first kappa shape index (κ1) is 11.5. The molecule has 0 radical (unpaired) electrons. The fourth-order valence-electron chi connectivity index (χ4n) is 2.13. The molecule has 3 rings (SSSR count). The zero-order valence-corrected chi connectivity index (χ0v) is 10.1. The molecule has 4 nitrogen and oxygen atoms in total. The number of nitrogens with one attached hydrogen (secondary N) is 1. The third-order valence-corrected chi connectivity index (χ3v) is 2.97. The zero-order chi connectivity index (χ0) is 13.1. The van der Waals surface area contributed by atoms with Crippen LogP contribution >= 0.6 is 0 Å². The minimum absolute atomic E-state index is 0.179. The van der Waals surface area contributed by atoms with Crippen molar-refractivity contribution in [3.63, 3.8) is 0 Å². The van der Waals surface area contributed by atoms with E-state index >= 15 is 0 Å². The van der Waals surface area contributed by atoms with Gasteiger partial charge in [0.2, 0.25) is 5.89 Å². The van der Waals surface area contributed by atoms with Gasteiger partial charge >= 0.3 is 5.76 Å². The van der Waals surface area contributed by atoms with Gasteiger partial charge in [-0.3, -0.25) is 0 Å². The van der Waals surface area contributed by atoms with E-state index in [4.69, 9.17) is 4.42 Å². The van der Waals surface area contributed by atoms with Crippen LogP contribution in [0, 0.1) is 0 Å². The molecule has 4 heteroatoms. The van der Waals surface area contributed by atoms with Crippen molar-refractivity contribution in [2.24, 2.45) is 0 Å². The van der Waals surface area contributed by atoms with Crippen molar-refractivity contribution in [3.8, 4) is 0 Å². The smallest absolute Gasteiger partial charge is 0.391 e. The minimum Gasteiger partial charge on any atom is -0.391 e. The SMILES string of the molecule is O=c1[nH]nc(C(c2ccccc2)c2ccccc2)o1. The van der Waals surface area contributed by atoms with Crippen molar-refractivity contribution in [3.05, 3.63) is 88.2 Å². The molecule has 1 aromatic heterocycles. The molecule has 0 aliphatic carbocycles. The molecule has 0 saturated heterocycles. The fraction of sp³-hybridized carbons (Fsp3) is 0.0667. The molecule has 0 bridgehead atoms. The van der Waals surface area contributed by atoms with Crippen molar-refractivity contribution < 1.29 is 4.42 Å². The molecule has 1 heterocycles. The zero-order valence-electron chi connectivity index (χ0n) is 10.1. The van der Waals surface area contributed by atoms with E-state index in [9.17, 15) is 4.79 Å². The summed E-state index contributed by atoms with van der Waals surface area (Å²) in [7, 11) is 0. The van der Waals surface area contributed by atoms with Gasteiger partial charge in [-0.1, -0.05) is 60.7 Å². The summed E-state index contributed by atoms with van der Waals surface area (Å²) in [6.45, 7) is 0. The summed E-state index contributed by atoms with van der Waals surface area (Å²) in [5.74, 6) is -0.337. The highest BCUT2D eigenvalue weighted by Crippen LogP contribution is 2.29. The second-order valence-electron chi connectivity index (χ2n) is 4.21. The quantitative estimate of drug-likeness (QED) is 0.779. The topological polar surface area (TPSA) is 58.9 Å². The maximum absolute atomic E-state index is 11.2. The third-order valence-electron chi connectivity index (χ3n) is 2.97. The molecule has 0 aliphatic rings. The summed E-state index contributed by atoms with van der Waals surface area (Å²) in [4.78, 5) is 11.2. The Labute approximate surface area is 109 Å². The van der Waals surface area contributed by atoms with Crippen LogP contribution in [0.25, 0.3) is 0 Å². The van der Waals surface area contributed by atoms with Gasteiger partial charge in [0, 0.05) is 0 Å². The summed E-state index contributed by atoms with van der Waals surface area (Å²) in [6, 6.07) is 19.7. The maximum Gasteiger partial charge on any atom is 0.434 e. The second kappa shape index (κ2) is 4.94. The van der Waals surface area contributed by atoms with E-state index in [1.54, 1.807) is 0 Å². The number of hydrogen-bond donors (Lipinski definition) is 1. The van der Waals surface area contributed by atoms with E-state index in [0.29, 0.717) is 5.89 Å². The first-order chi connectivity index (χ1) is 9.34. The molecule has 0 saturated carbocycles. The highest BCUT2D eigenvalue weighted by atomic mass is 16.4. The van der Waals surface area contributed by atoms with Gasteiger partial charge in [0.25, 0.3) is 0 Å². The van der Waals surface area contributed by atoms with Crippen LogP contribution in [0.15, 0.2) is 69.9 Å². The number of rotatable bonds is 3. The molecule has 2 aromatic carbocycles. The van der Waals surface area contributed by atoms with Crippen LogP contribution in [0.5, 0.6) is 0 Å². The van der Waals surface area contributed by atoms with Crippen LogP contribution in [0.2, 0.25) is 0 Å². The summed E-state index contributed by atoms with van der Waals surface area (Å²) >= 11 is 0. The summed E-state index contributed by atoms with van der Waals surface area (Å²) in [5, 5.41) is 6.28. The number of H-pyrrole nitrogens is 1. The molecule has 0 spiro atoms. The average Bonchev–Trinajstić information content (AvgIpc) is 2.88. The predicted molar refractivity (Wildman–Crippen MR) is 71.0 cm³/mol. The van der Waals surface area contributed by atoms with Gasteiger partial charge in [-0.15, -0.1) is 5.10 Å². The summed E-state index contributed by atoms with van der Waals surface area (Å²) in [5.41, 5.74) is 2.06. The molecule has 0 amide bonds. The van der Waals surface area contributed by atoms with E-state index in [0.717, 1.165) is 11.1 Å². The molecule has 94 valence electrons.